The van der Waals surface area contributed by atoms with E-state index >= 15 is 0 Å². The minimum Gasteiger partial charge on any atom is -0.481 e. The van der Waals surface area contributed by atoms with E-state index in [1.54, 1.807) is 0 Å². The molecular weight excluding hydrogens is 240 g/mol. The highest BCUT2D eigenvalue weighted by molar-refractivity contribution is 5.71. The third kappa shape index (κ3) is 2.79. The number of piperidine rings is 3. The van der Waals surface area contributed by atoms with Crippen LogP contribution in [0.1, 0.15) is 44.9 Å². The first-order valence-electron chi connectivity index (χ1n) is 7.96. The smallest absolute Gasteiger partial charge is 0.308 e. The van der Waals surface area contributed by atoms with E-state index in [2.05, 4.69) is 10.2 Å². The van der Waals surface area contributed by atoms with Crippen LogP contribution in [0.5, 0.6) is 0 Å². The van der Waals surface area contributed by atoms with Crippen molar-refractivity contribution in [3.05, 3.63) is 0 Å². The predicted molar refractivity (Wildman–Crippen MR) is 74.1 cm³/mol. The van der Waals surface area contributed by atoms with Crippen molar-refractivity contribution in [2.24, 2.45) is 11.8 Å². The molecule has 108 valence electrons. The van der Waals surface area contributed by atoms with Gasteiger partial charge in [-0.25, -0.2) is 0 Å². The molecule has 3 fully saturated rings. The van der Waals surface area contributed by atoms with Gasteiger partial charge < -0.3 is 10.4 Å². The number of carboxylic acids is 1. The van der Waals surface area contributed by atoms with Gasteiger partial charge in [-0.15, -0.1) is 0 Å². The Hall–Kier alpha value is -0.610. The van der Waals surface area contributed by atoms with Gasteiger partial charge in [-0.2, -0.15) is 0 Å². The number of nitrogens with one attached hydrogen (secondary N) is 1. The molecule has 3 rings (SSSR count). The molecule has 0 spiro atoms. The molecule has 3 aliphatic heterocycles. The highest BCUT2D eigenvalue weighted by Crippen LogP contribution is 2.36. The first kappa shape index (κ1) is 13.4. The number of aliphatic carboxylic acids is 1. The lowest BCUT2D eigenvalue weighted by atomic mass is 9.75. The average molecular weight is 266 g/mol. The maximum Gasteiger partial charge on any atom is 0.308 e. The fourth-order valence-electron chi connectivity index (χ4n) is 4.40. The number of rotatable bonds is 2. The molecule has 0 aromatic rings. The van der Waals surface area contributed by atoms with E-state index in [9.17, 15) is 9.90 Å². The second-order valence-electron chi connectivity index (χ2n) is 6.55. The molecule has 0 aromatic carbocycles. The number of fused-ring (bicyclic) bond motifs is 1. The Morgan fingerprint density at radius 3 is 2.74 bits per heavy atom. The largest absolute Gasteiger partial charge is 0.481 e. The van der Waals surface area contributed by atoms with E-state index in [0.29, 0.717) is 18.0 Å². The van der Waals surface area contributed by atoms with Gasteiger partial charge in [0.25, 0.3) is 0 Å². The Morgan fingerprint density at radius 1 is 1.16 bits per heavy atom. The Bertz CT molecular complexity index is 328. The Labute approximate surface area is 115 Å². The summed E-state index contributed by atoms with van der Waals surface area (Å²) in [6.45, 7) is 3.34. The van der Waals surface area contributed by atoms with Crippen molar-refractivity contribution in [3.8, 4) is 0 Å². The second-order valence-corrected chi connectivity index (χ2v) is 6.55. The van der Waals surface area contributed by atoms with Crippen LogP contribution in [-0.4, -0.2) is 47.7 Å². The van der Waals surface area contributed by atoms with Crippen LogP contribution in [0, 0.1) is 11.8 Å². The summed E-state index contributed by atoms with van der Waals surface area (Å²) in [4.78, 5) is 14.1. The average Bonchev–Trinajstić information content (AvgIpc) is 2.47. The summed E-state index contributed by atoms with van der Waals surface area (Å²) in [5, 5.41) is 13.2. The summed E-state index contributed by atoms with van der Waals surface area (Å²) in [6, 6.07) is 0.865. The molecule has 0 aromatic heterocycles. The molecule has 3 heterocycles. The number of hydrogen-bond acceptors (Lipinski definition) is 3. The van der Waals surface area contributed by atoms with E-state index in [1.807, 2.05) is 0 Å². The van der Waals surface area contributed by atoms with Crippen molar-refractivity contribution in [2.75, 3.05) is 19.6 Å². The van der Waals surface area contributed by atoms with E-state index in [4.69, 9.17) is 0 Å². The van der Waals surface area contributed by atoms with Crippen LogP contribution in [0.3, 0.4) is 0 Å². The summed E-state index contributed by atoms with van der Waals surface area (Å²) in [5.74, 6) is -0.170. The quantitative estimate of drug-likeness (QED) is 0.799. The number of hydrogen-bond donors (Lipinski definition) is 2. The van der Waals surface area contributed by atoms with Gasteiger partial charge in [0.15, 0.2) is 0 Å². The van der Waals surface area contributed by atoms with Gasteiger partial charge in [0.05, 0.1) is 5.92 Å². The highest BCUT2D eigenvalue weighted by atomic mass is 16.4. The molecule has 3 aliphatic rings. The molecular formula is C15H26N2O2. The zero-order valence-corrected chi connectivity index (χ0v) is 11.7. The Morgan fingerprint density at radius 2 is 2.00 bits per heavy atom. The van der Waals surface area contributed by atoms with E-state index in [0.717, 1.165) is 32.5 Å². The van der Waals surface area contributed by atoms with Crippen LogP contribution in [0.2, 0.25) is 0 Å². The summed E-state index contributed by atoms with van der Waals surface area (Å²) in [6.07, 6.45) is 8.23. The molecule has 0 unspecified atom stereocenters. The molecule has 4 nitrogen and oxygen atoms in total. The van der Waals surface area contributed by atoms with Crippen molar-refractivity contribution in [1.29, 1.82) is 0 Å². The van der Waals surface area contributed by atoms with Crippen LogP contribution in [0.25, 0.3) is 0 Å². The molecule has 0 radical (unpaired) electrons. The van der Waals surface area contributed by atoms with Gasteiger partial charge in [-0.3, -0.25) is 9.69 Å². The summed E-state index contributed by atoms with van der Waals surface area (Å²) >= 11 is 0. The molecule has 0 saturated carbocycles. The predicted octanol–water partition coefficient (Wildman–Crippen LogP) is 1.70. The zero-order valence-electron chi connectivity index (χ0n) is 11.7. The zero-order chi connectivity index (χ0) is 13.2. The number of nitrogens with zero attached hydrogens (tertiary/aromatic N) is 1. The van der Waals surface area contributed by atoms with Crippen LogP contribution in [-0.2, 0) is 4.79 Å². The van der Waals surface area contributed by atoms with Crippen LogP contribution >= 0.6 is 0 Å². The molecule has 0 amide bonds. The molecule has 4 heteroatoms. The molecule has 0 bridgehead atoms. The minimum atomic E-state index is -0.572. The van der Waals surface area contributed by atoms with Crippen molar-refractivity contribution >= 4 is 5.97 Å². The summed E-state index contributed by atoms with van der Waals surface area (Å²) < 4.78 is 0. The standard InChI is InChI=1S/C15H26N2O2/c18-15(19)12-9-11(13-5-1-3-7-16-13)10-17-8-4-2-6-14(12)17/h11-14,16H,1-10H2,(H,18,19)/t11-,12+,13+,14+/m1/s1. The van der Waals surface area contributed by atoms with Gasteiger partial charge in [-0.05, 0) is 51.1 Å². The number of carboxylic acid groups (broad SMARTS) is 1. The van der Waals surface area contributed by atoms with Crippen molar-refractivity contribution in [2.45, 2.75) is 57.0 Å². The molecule has 2 N–H and O–H groups in total. The third-order valence-electron chi connectivity index (χ3n) is 5.39. The second kappa shape index (κ2) is 5.80. The Balaban J connectivity index is 1.71. The monoisotopic (exact) mass is 266 g/mol. The van der Waals surface area contributed by atoms with E-state index in [-0.39, 0.29) is 5.92 Å². The molecule has 0 aliphatic carbocycles. The SMILES string of the molecule is O=C(O)[C@H]1C[C@@H]([C@@H]2CCCCN2)CN2CCCC[C@@H]12. The lowest BCUT2D eigenvalue weighted by molar-refractivity contribution is -0.148. The van der Waals surface area contributed by atoms with Crippen LogP contribution < -0.4 is 5.32 Å². The highest BCUT2D eigenvalue weighted by Gasteiger charge is 2.43. The van der Waals surface area contributed by atoms with Crippen molar-refractivity contribution in [1.82, 2.24) is 10.2 Å². The van der Waals surface area contributed by atoms with Gasteiger partial charge in [0.1, 0.15) is 0 Å². The Kier molecular flexibility index (Phi) is 4.08. The fraction of sp³-hybridized carbons (Fsp3) is 0.933. The summed E-state index contributed by atoms with van der Waals surface area (Å²) in [7, 11) is 0. The van der Waals surface area contributed by atoms with Gasteiger partial charge in [0, 0.05) is 18.6 Å². The molecule has 3 saturated heterocycles. The topological polar surface area (TPSA) is 52.6 Å². The maximum absolute atomic E-state index is 11.6. The number of carbonyl (C=O) groups is 1. The van der Waals surface area contributed by atoms with Crippen LogP contribution in [0.4, 0.5) is 0 Å². The van der Waals surface area contributed by atoms with Gasteiger partial charge in [0.2, 0.25) is 0 Å². The molecule has 4 atom stereocenters. The molecule has 19 heavy (non-hydrogen) atoms. The van der Waals surface area contributed by atoms with Crippen molar-refractivity contribution < 1.29 is 9.90 Å². The van der Waals surface area contributed by atoms with Gasteiger partial charge in [-0.1, -0.05) is 12.8 Å². The maximum atomic E-state index is 11.6. The fourth-order valence-corrected chi connectivity index (χ4v) is 4.40. The van der Waals surface area contributed by atoms with E-state index in [1.165, 1.54) is 32.1 Å². The van der Waals surface area contributed by atoms with Crippen molar-refractivity contribution in [3.63, 3.8) is 0 Å². The first-order chi connectivity index (χ1) is 9.25. The van der Waals surface area contributed by atoms with E-state index < -0.39 is 5.97 Å². The van der Waals surface area contributed by atoms with Gasteiger partial charge >= 0.3 is 5.97 Å². The first-order valence-corrected chi connectivity index (χ1v) is 7.96. The summed E-state index contributed by atoms with van der Waals surface area (Å²) in [5.41, 5.74) is 0. The van der Waals surface area contributed by atoms with Crippen LogP contribution in [0.15, 0.2) is 0 Å². The lowest BCUT2D eigenvalue weighted by Gasteiger charge is -2.48. The third-order valence-corrected chi connectivity index (χ3v) is 5.39. The minimum absolute atomic E-state index is 0.136. The normalized spacial score (nSPS) is 40.6. The lowest BCUT2D eigenvalue weighted by Crippen LogP contribution is -2.57.